The fraction of sp³-hybridized carbons (Fsp3) is 0.810. The van der Waals surface area contributed by atoms with E-state index in [0.29, 0.717) is 17.6 Å². The summed E-state index contributed by atoms with van der Waals surface area (Å²) in [6.07, 6.45) is 10.0. The number of rotatable bonds is 0. The van der Waals surface area contributed by atoms with Gasteiger partial charge >= 0.3 is 0 Å². The second kappa shape index (κ2) is 4.29. The van der Waals surface area contributed by atoms with E-state index in [-0.39, 0.29) is 10.8 Å². The molecule has 0 amide bonds. The maximum atomic E-state index is 11.9. The molecule has 2 heteroatoms. The third kappa shape index (κ3) is 1.62. The summed E-state index contributed by atoms with van der Waals surface area (Å²) >= 11 is 0. The Labute approximate surface area is 139 Å². The molecule has 0 aromatic rings. The van der Waals surface area contributed by atoms with Crippen LogP contribution in [0.15, 0.2) is 11.6 Å². The minimum absolute atomic E-state index is 0.271. The first-order valence-corrected chi connectivity index (χ1v) is 9.62. The second-order valence-electron chi connectivity index (χ2n) is 9.60. The summed E-state index contributed by atoms with van der Waals surface area (Å²) in [5.74, 6) is 4.57. The summed E-state index contributed by atoms with van der Waals surface area (Å²) in [6, 6.07) is 2.71. The summed E-state index contributed by atoms with van der Waals surface area (Å²) in [5, 5.41) is 9.73. The Bertz CT molecular complexity index is 657. The molecule has 1 unspecified atom stereocenters. The Morgan fingerprint density at radius 2 is 1.96 bits per heavy atom. The standard InChI is InChI=1S/C21H27NO/c1-20-7-5-13(23)9-12(20)3-4-14-17(20)6-8-21(2)18(11-22)15-10-16(15)19(14)21/h9,14-19H,3-8,10H2,1-2H3/t14-,15+,16-,17+,18?,19-,20+,21-/m1/s1. The maximum absolute atomic E-state index is 11.9. The molecule has 122 valence electrons. The Morgan fingerprint density at radius 3 is 2.74 bits per heavy atom. The Morgan fingerprint density at radius 1 is 1.13 bits per heavy atom. The first kappa shape index (κ1) is 14.3. The molecule has 0 spiro atoms. The quantitative estimate of drug-likeness (QED) is 0.660. The molecule has 4 fully saturated rings. The Balaban J connectivity index is 1.53. The SMILES string of the molecule is C[C@]12CCC(=O)C=C1CC[C@H]1[C@@H]3[C@@H]4C[C@@H]4C(C#N)[C@@]3(C)CC[C@@H]12. The van der Waals surface area contributed by atoms with E-state index in [4.69, 9.17) is 0 Å². The highest BCUT2D eigenvalue weighted by Crippen LogP contribution is 2.75. The number of ketones is 1. The summed E-state index contributed by atoms with van der Waals surface area (Å²) in [6.45, 7) is 4.89. The first-order valence-electron chi connectivity index (χ1n) is 9.62. The highest BCUT2D eigenvalue weighted by molar-refractivity contribution is 5.91. The van der Waals surface area contributed by atoms with Crippen molar-refractivity contribution < 1.29 is 4.79 Å². The van der Waals surface area contributed by atoms with E-state index >= 15 is 0 Å². The molecular weight excluding hydrogens is 282 g/mol. The van der Waals surface area contributed by atoms with Crippen molar-refractivity contribution in [2.24, 2.45) is 46.3 Å². The lowest BCUT2D eigenvalue weighted by molar-refractivity contribution is -0.117. The lowest BCUT2D eigenvalue weighted by Crippen LogP contribution is -2.51. The highest BCUT2D eigenvalue weighted by Gasteiger charge is 2.70. The minimum atomic E-state index is 0.271. The number of carbonyl (C=O) groups is 1. The minimum Gasteiger partial charge on any atom is -0.295 e. The van der Waals surface area contributed by atoms with Gasteiger partial charge in [-0.2, -0.15) is 5.26 Å². The molecule has 5 aliphatic carbocycles. The molecule has 5 aliphatic rings. The van der Waals surface area contributed by atoms with Crippen molar-refractivity contribution in [1.29, 1.82) is 5.26 Å². The smallest absolute Gasteiger partial charge is 0.155 e. The van der Waals surface area contributed by atoms with Crippen molar-refractivity contribution in [3.05, 3.63) is 11.6 Å². The third-order valence-electron chi connectivity index (χ3n) is 8.89. The zero-order valence-corrected chi connectivity index (χ0v) is 14.3. The zero-order valence-electron chi connectivity index (χ0n) is 14.3. The van der Waals surface area contributed by atoms with Crippen LogP contribution in [0.4, 0.5) is 0 Å². The molecular formula is C21H27NO. The van der Waals surface area contributed by atoms with Crippen molar-refractivity contribution in [2.45, 2.75) is 58.8 Å². The van der Waals surface area contributed by atoms with E-state index < -0.39 is 0 Å². The van der Waals surface area contributed by atoms with Gasteiger partial charge in [-0.25, -0.2) is 0 Å². The number of carbonyl (C=O) groups excluding carboxylic acids is 1. The van der Waals surface area contributed by atoms with Crippen LogP contribution in [0.2, 0.25) is 0 Å². The summed E-state index contributed by atoms with van der Waals surface area (Å²) in [5.41, 5.74) is 2.01. The van der Waals surface area contributed by atoms with Crippen molar-refractivity contribution in [2.75, 3.05) is 0 Å². The molecule has 4 saturated carbocycles. The van der Waals surface area contributed by atoms with E-state index in [1.807, 2.05) is 6.08 Å². The van der Waals surface area contributed by atoms with Gasteiger partial charge in [-0.1, -0.05) is 19.4 Å². The van der Waals surface area contributed by atoms with Crippen LogP contribution < -0.4 is 0 Å². The Hall–Kier alpha value is -1.10. The van der Waals surface area contributed by atoms with Crippen LogP contribution in [0, 0.1) is 57.7 Å². The number of fused-ring (bicyclic) bond motifs is 7. The van der Waals surface area contributed by atoms with Crippen LogP contribution in [0.25, 0.3) is 0 Å². The summed E-state index contributed by atoms with van der Waals surface area (Å²) < 4.78 is 0. The summed E-state index contributed by atoms with van der Waals surface area (Å²) in [4.78, 5) is 11.9. The number of allylic oxidation sites excluding steroid dienone is 1. The predicted octanol–water partition coefficient (Wildman–Crippen LogP) is 4.51. The number of hydrogen-bond acceptors (Lipinski definition) is 2. The molecule has 0 aromatic heterocycles. The molecule has 0 radical (unpaired) electrons. The number of hydrogen-bond donors (Lipinski definition) is 0. The van der Waals surface area contributed by atoms with Gasteiger partial charge in [0.2, 0.25) is 0 Å². The van der Waals surface area contributed by atoms with E-state index in [9.17, 15) is 10.1 Å². The van der Waals surface area contributed by atoms with Crippen molar-refractivity contribution in [3.63, 3.8) is 0 Å². The molecule has 23 heavy (non-hydrogen) atoms. The van der Waals surface area contributed by atoms with E-state index in [1.54, 1.807) is 0 Å². The van der Waals surface area contributed by atoms with Gasteiger partial charge in [-0.05, 0) is 85.0 Å². The van der Waals surface area contributed by atoms with Gasteiger partial charge in [0.05, 0.1) is 12.0 Å². The van der Waals surface area contributed by atoms with E-state index in [0.717, 1.165) is 42.9 Å². The van der Waals surface area contributed by atoms with Crippen molar-refractivity contribution in [1.82, 2.24) is 0 Å². The molecule has 0 aliphatic heterocycles. The zero-order chi connectivity index (χ0) is 16.0. The van der Waals surface area contributed by atoms with Gasteiger partial charge in [0, 0.05) is 6.42 Å². The number of nitrogens with zero attached hydrogens (tertiary/aromatic N) is 1. The van der Waals surface area contributed by atoms with Crippen LogP contribution in [-0.2, 0) is 4.79 Å². The average molecular weight is 309 g/mol. The van der Waals surface area contributed by atoms with Gasteiger partial charge in [0.25, 0.3) is 0 Å². The molecule has 0 heterocycles. The Kier molecular flexibility index (Phi) is 2.66. The lowest BCUT2D eigenvalue weighted by atomic mass is 9.46. The third-order valence-corrected chi connectivity index (χ3v) is 8.89. The molecule has 5 rings (SSSR count). The van der Waals surface area contributed by atoms with E-state index in [2.05, 4.69) is 19.9 Å². The topological polar surface area (TPSA) is 40.9 Å². The van der Waals surface area contributed by atoms with Gasteiger partial charge in [-0.3, -0.25) is 4.79 Å². The van der Waals surface area contributed by atoms with Crippen molar-refractivity contribution >= 4 is 5.78 Å². The highest BCUT2D eigenvalue weighted by atomic mass is 16.1. The second-order valence-corrected chi connectivity index (χ2v) is 9.60. The van der Waals surface area contributed by atoms with Crippen LogP contribution in [-0.4, -0.2) is 5.78 Å². The fourth-order valence-corrected chi connectivity index (χ4v) is 7.77. The molecule has 8 atom stereocenters. The normalized spacial score (nSPS) is 56.6. The molecule has 0 saturated heterocycles. The molecule has 0 bridgehead atoms. The van der Waals surface area contributed by atoms with Crippen LogP contribution in [0.1, 0.15) is 58.8 Å². The lowest BCUT2D eigenvalue weighted by Gasteiger charge is -2.58. The first-order chi connectivity index (χ1) is 11.0. The predicted molar refractivity (Wildman–Crippen MR) is 88.2 cm³/mol. The largest absolute Gasteiger partial charge is 0.295 e. The van der Waals surface area contributed by atoms with Gasteiger partial charge in [0.15, 0.2) is 5.78 Å². The van der Waals surface area contributed by atoms with Gasteiger partial charge in [0.1, 0.15) is 0 Å². The molecule has 0 N–H and O–H groups in total. The van der Waals surface area contributed by atoms with Crippen LogP contribution in [0.5, 0.6) is 0 Å². The maximum Gasteiger partial charge on any atom is 0.155 e. The number of nitriles is 1. The van der Waals surface area contributed by atoms with Crippen LogP contribution >= 0.6 is 0 Å². The fourth-order valence-electron chi connectivity index (χ4n) is 7.77. The van der Waals surface area contributed by atoms with E-state index in [1.165, 1.54) is 31.3 Å². The molecule has 2 nitrogen and oxygen atoms in total. The monoisotopic (exact) mass is 309 g/mol. The molecule has 0 aromatic carbocycles. The van der Waals surface area contributed by atoms with Gasteiger partial charge in [-0.15, -0.1) is 0 Å². The van der Waals surface area contributed by atoms with Gasteiger partial charge < -0.3 is 0 Å². The average Bonchev–Trinajstić information content (AvgIpc) is 3.23. The summed E-state index contributed by atoms with van der Waals surface area (Å²) in [7, 11) is 0. The van der Waals surface area contributed by atoms with Crippen molar-refractivity contribution in [3.8, 4) is 6.07 Å². The van der Waals surface area contributed by atoms with Crippen LogP contribution in [0.3, 0.4) is 0 Å².